The molecule has 138 valence electrons. The van der Waals surface area contributed by atoms with E-state index in [1.807, 2.05) is 4.90 Å². The minimum absolute atomic E-state index is 0.191. The Kier molecular flexibility index (Phi) is 5.55. The van der Waals surface area contributed by atoms with Crippen LogP contribution in [0.3, 0.4) is 0 Å². The number of fused-ring (bicyclic) bond motifs is 1. The number of rotatable bonds is 7. The van der Waals surface area contributed by atoms with Crippen LogP contribution in [0.4, 0.5) is 0 Å². The lowest BCUT2D eigenvalue weighted by Crippen LogP contribution is -2.38. The third-order valence-electron chi connectivity index (χ3n) is 4.35. The van der Waals surface area contributed by atoms with Gasteiger partial charge in [-0.25, -0.2) is 4.79 Å². The number of ether oxygens (including phenoxy) is 1. The lowest BCUT2D eigenvalue weighted by atomic mass is 10.2. The Labute approximate surface area is 150 Å². The maximum atomic E-state index is 12.1. The van der Waals surface area contributed by atoms with Crippen molar-refractivity contribution in [2.45, 2.75) is 32.3 Å². The third-order valence-corrected chi connectivity index (χ3v) is 4.35. The van der Waals surface area contributed by atoms with E-state index >= 15 is 0 Å². The largest absolute Gasteiger partial charge is 0.481 e. The summed E-state index contributed by atoms with van der Waals surface area (Å²) in [6.45, 7) is 3.62. The van der Waals surface area contributed by atoms with E-state index in [1.165, 1.54) is 6.07 Å². The second-order valence-electron chi connectivity index (χ2n) is 6.34. The highest BCUT2D eigenvalue weighted by atomic mass is 16.5. The lowest BCUT2D eigenvalue weighted by Gasteiger charge is -2.17. The first-order valence-corrected chi connectivity index (χ1v) is 8.79. The first-order chi connectivity index (χ1) is 12.5. The third kappa shape index (κ3) is 4.41. The zero-order valence-electron chi connectivity index (χ0n) is 14.7. The normalized spacial score (nSPS) is 15.3. The number of benzene rings is 1. The van der Waals surface area contributed by atoms with Crippen LogP contribution in [0.1, 0.15) is 26.2 Å². The fourth-order valence-electron chi connectivity index (χ4n) is 2.94. The molecule has 1 atom stereocenters. The zero-order valence-corrected chi connectivity index (χ0v) is 14.7. The van der Waals surface area contributed by atoms with Crippen LogP contribution >= 0.6 is 0 Å². The number of hydrogen-bond acceptors (Lipinski definition) is 5. The standard InChI is InChI=1S/C19H22N2O5/c1-13(19(24)20-9-3-11-21-10-2-4-17(21)22)25-15-7-5-14-6-8-18(23)26-16(14)12-15/h5-8,12-13H,2-4,9-11H2,1H3,(H,20,24). The number of carbonyl (C=O) groups excluding carboxylic acids is 2. The van der Waals surface area contributed by atoms with E-state index in [0.29, 0.717) is 37.3 Å². The monoisotopic (exact) mass is 358 g/mol. The molecular formula is C19H22N2O5. The predicted octanol–water partition coefficient (Wildman–Crippen LogP) is 1.69. The van der Waals surface area contributed by atoms with Gasteiger partial charge in [-0.15, -0.1) is 0 Å². The molecule has 2 amide bonds. The summed E-state index contributed by atoms with van der Waals surface area (Å²) < 4.78 is 10.7. The van der Waals surface area contributed by atoms with Crippen molar-refractivity contribution in [1.29, 1.82) is 0 Å². The number of nitrogens with one attached hydrogen (secondary N) is 1. The summed E-state index contributed by atoms with van der Waals surface area (Å²) in [6.07, 6.45) is 1.58. The molecule has 0 aliphatic carbocycles. The summed E-state index contributed by atoms with van der Waals surface area (Å²) in [5.41, 5.74) is -0.0187. The van der Waals surface area contributed by atoms with Gasteiger partial charge >= 0.3 is 5.63 Å². The van der Waals surface area contributed by atoms with E-state index in [0.717, 1.165) is 18.4 Å². The Bertz CT molecular complexity index is 860. The molecule has 0 bridgehead atoms. The number of hydrogen-bond donors (Lipinski definition) is 1. The second-order valence-corrected chi connectivity index (χ2v) is 6.34. The molecule has 1 aromatic carbocycles. The Balaban J connectivity index is 1.47. The number of nitrogens with zero attached hydrogens (tertiary/aromatic N) is 1. The van der Waals surface area contributed by atoms with E-state index in [9.17, 15) is 14.4 Å². The second kappa shape index (κ2) is 8.03. The van der Waals surface area contributed by atoms with Crippen LogP contribution in [-0.4, -0.2) is 42.5 Å². The molecular weight excluding hydrogens is 336 g/mol. The van der Waals surface area contributed by atoms with Gasteiger partial charge in [-0.05, 0) is 38.0 Å². The summed E-state index contributed by atoms with van der Waals surface area (Å²) >= 11 is 0. The molecule has 7 heteroatoms. The quantitative estimate of drug-likeness (QED) is 0.601. The highest BCUT2D eigenvalue weighted by molar-refractivity contribution is 5.81. The molecule has 7 nitrogen and oxygen atoms in total. The molecule has 2 aromatic rings. The summed E-state index contributed by atoms with van der Waals surface area (Å²) in [5, 5.41) is 3.60. The van der Waals surface area contributed by atoms with Gasteiger partial charge in [-0.1, -0.05) is 0 Å². The van der Waals surface area contributed by atoms with Crippen molar-refractivity contribution in [1.82, 2.24) is 10.2 Å². The highest BCUT2D eigenvalue weighted by Crippen LogP contribution is 2.20. The van der Waals surface area contributed by atoms with Crippen molar-refractivity contribution in [3.8, 4) is 5.75 Å². The fourth-order valence-corrected chi connectivity index (χ4v) is 2.94. The highest BCUT2D eigenvalue weighted by Gasteiger charge is 2.19. The summed E-state index contributed by atoms with van der Waals surface area (Å²) in [6, 6.07) is 8.12. The van der Waals surface area contributed by atoms with Gasteiger partial charge in [0, 0.05) is 43.6 Å². The Hall–Kier alpha value is -2.83. The van der Waals surface area contributed by atoms with Gasteiger partial charge < -0.3 is 19.4 Å². The Morgan fingerprint density at radius 1 is 1.31 bits per heavy atom. The van der Waals surface area contributed by atoms with Crippen molar-refractivity contribution in [2.75, 3.05) is 19.6 Å². The van der Waals surface area contributed by atoms with Crippen molar-refractivity contribution in [2.24, 2.45) is 0 Å². The van der Waals surface area contributed by atoms with Crippen LogP contribution in [0, 0.1) is 0 Å². The molecule has 0 spiro atoms. The van der Waals surface area contributed by atoms with E-state index < -0.39 is 11.7 Å². The van der Waals surface area contributed by atoms with Crippen LogP contribution in [0.2, 0.25) is 0 Å². The summed E-state index contributed by atoms with van der Waals surface area (Å²) in [5.74, 6) is 0.417. The molecule has 1 saturated heterocycles. The molecule has 1 aliphatic rings. The lowest BCUT2D eigenvalue weighted by molar-refractivity contribution is -0.127. The first-order valence-electron chi connectivity index (χ1n) is 8.79. The number of carbonyl (C=O) groups is 2. The number of likely N-dealkylation sites (tertiary alicyclic amines) is 1. The van der Waals surface area contributed by atoms with Crippen LogP contribution < -0.4 is 15.7 Å². The van der Waals surface area contributed by atoms with Crippen molar-refractivity contribution >= 4 is 22.8 Å². The predicted molar refractivity (Wildman–Crippen MR) is 96.0 cm³/mol. The van der Waals surface area contributed by atoms with Crippen LogP contribution in [0.25, 0.3) is 11.0 Å². The van der Waals surface area contributed by atoms with Gasteiger partial charge in [0.2, 0.25) is 5.91 Å². The molecule has 0 radical (unpaired) electrons. The molecule has 1 aromatic heterocycles. The topological polar surface area (TPSA) is 88.8 Å². The molecule has 1 N–H and O–H groups in total. The van der Waals surface area contributed by atoms with Gasteiger partial charge in [-0.3, -0.25) is 9.59 Å². The van der Waals surface area contributed by atoms with Gasteiger partial charge in [0.15, 0.2) is 6.10 Å². The van der Waals surface area contributed by atoms with E-state index in [1.54, 1.807) is 31.2 Å². The average Bonchev–Trinajstić information content (AvgIpc) is 3.03. The first kappa shape index (κ1) is 18.0. The minimum atomic E-state index is -0.684. The molecule has 1 fully saturated rings. The maximum Gasteiger partial charge on any atom is 0.336 e. The molecule has 1 unspecified atom stereocenters. The van der Waals surface area contributed by atoms with E-state index in [4.69, 9.17) is 9.15 Å². The van der Waals surface area contributed by atoms with Gasteiger partial charge in [0.05, 0.1) is 0 Å². The smallest absolute Gasteiger partial charge is 0.336 e. The fraction of sp³-hybridized carbons (Fsp3) is 0.421. The van der Waals surface area contributed by atoms with E-state index in [-0.39, 0.29) is 11.8 Å². The molecule has 2 heterocycles. The van der Waals surface area contributed by atoms with Crippen molar-refractivity contribution in [3.05, 3.63) is 40.8 Å². The zero-order chi connectivity index (χ0) is 18.5. The summed E-state index contributed by atoms with van der Waals surface area (Å²) in [7, 11) is 0. The Morgan fingerprint density at radius 2 is 2.12 bits per heavy atom. The molecule has 1 aliphatic heterocycles. The SMILES string of the molecule is CC(Oc1ccc2ccc(=O)oc2c1)C(=O)NCCCN1CCCC1=O. The average molecular weight is 358 g/mol. The molecule has 26 heavy (non-hydrogen) atoms. The van der Waals surface area contributed by atoms with Gasteiger partial charge in [-0.2, -0.15) is 0 Å². The maximum absolute atomic E-state index is 12.1. The van der Waals surface area contributed by atoms with Gasteiger partial charge in [0.1, 0.15) is 11.3 Å². The Morgan fingerprint density at radius 3 is 2.88 bits per heavy atom. The number of amides is 2. The minimum Gasteiger partial charge on any atom is -0.481 e. The van der Waals surface area contributed by atoms with Crippen molar-refractivity contribution < 1.29 is 18.7 Å². The molecule has 3 rings (SSSR count). The van der Waals surface area contributed by atoms with E-state index in [2.05, 4.69) is 5.32 Å². The molecule has 0 saturated carbocycles. The van der Waals surface area contributed by atoms with Crippen LogP contribution in [-0.2, 0) is 9.59 Å². The summed E-state index contributed by atoms with van der Waals surface area (Å²) in [4.78, 5) is 36.8. The van der Waals surface area contributed by atoms with Crippen LogP contribution in [0.5, 0.6) is 5.75 Å². The van der Waals surface area contributed by atoms with Crippen molar-refractivity contribution in [3.63, 3.8) is 0 Å². The van der Waals surface area contributed by atoms with Gasteiger partial charge in [0.25, 0.3) is 5.91 Å². The van der Waals surface area contributed by atoms with Crippen LogP contribution in [0.15, 0.2) is 39.5 Å².